The first-order valence-electron chi connectivity index (χ1n) is 7.25. The third-order valence-electron chi connectivity index (χ3n) is 4.04. The van der Waals surface area contributed by atoms with Gasteiger partial charge in [-0.15, -0.1) is 11.3 Å². The monoisotopic (exact) mass is 409 g/mol. The van der Waals surface area contributed by atoms with Crippen LogP contribution >= 0.6 is 33.9 Å². The number of aromatic amines is 1. The number of halogens is 1. The van der Waals surface area contributed by atoms with Gasteiger partial charge < -0.3 is 10.3 Å². The SMILES string of the molecule is Ic1cc2c(s1)CCCC2NCc1nc2ccccc2[nH]1. The van der Waals surface area contributed by atoms with Gasteiger partial charge in [-0.05, 0) is 65.6 Å². The molecular formula is C16H16IN3S. The minimum atomic E-state index is 0.474. The zero-order valence-electron chi connectivity index (χ0n) is 11.5. The number of H-pyrrole nitrogens is 1. The number of imidazole rings is 1. The lowest BCUT2D eigenvalue weighted by Crippen LogP contribution is -2.24. The van der Waals surface area contributed by atoms with Gasteiger partial charge in [0.2, 0.25) is 0 Å². The van der Waals surface area contributed by atoms with Crippen LogP contribution < -0.4 is 5.32 Å². The summed E-state index contributed by atoms with van der Waals surface area (Å²) in [6.45, 7) is 0.797. The van der Waals surface area contributed by atoms with Gasteiger partial charge in [0, 0.05) is 10.9 Å². The Bertz CT molecular complexity index is 744. The molecule has 1 aromatic carbocycles. The van der Waals surface area contributed by atoms with Crippen molar-refractivity contribution in [2.75, 3.05) is 0 Å². The number of aromatic nitrogens is 2. The topological polar surface area (TPSA) is 40.7 Å². The summed E-state index contributed by atoms with van der Waals surface area (Å²) in [6, 6.07) is 11.0. The molecule has 1 aliphatic carbocycles. The van der Waals surface area contributed by atoms with Gasteiger partial charge in [-0.1, -0.05) is 12.1 Å². The molecule has 3 nitrogen and oxygen atoms in total. The fourth-order valence-corrected chi connectivity index (χ4v) is 5.16. The Morgan fingerprint density at radius 3 is 3.19 bits per heavy atom. The van der Waals surface area contributed by atoms with E-state index >= 15 is 0 Å². The van der Waals surface area contributed by atoms with E-state index in [2.05, 4.69) is 56.1 Å². The molecule has 4 rings (SSSR count). The van der Waals surface area contributed by atoms with Crippen LogP contribution in [0.3, 0.4) is 0 Å². The first-order chi connectivity index (χ1) is 10.3. The summed E-state index contributed by atoms with van der Waals surface area (Å²) in [6.07, 6.45) is 3.74. The highest BCUT2D eigenvalue weighted by Crippen LogP contribution is 2.36. The van der Waals surface area contributed by atoms with E-state index in [1.807, 2.05) is 23.5 Å². The standard InChI is InChI=1S/C16H16IN3S/c17-15-8-10-11(6-3-7-14(10)21-15)18-9-16-19-12-4-1-2-5-13(12)20-16/h1-2,4-5,8,11,18H,3,6-7,9H2,(H,19,20). The van der Waals surface area contributed by atoms with Crippen LogP contribution in [0.2, 0.25) is 0 Å². The molecule has 0 amide bonds. The van der Waals surface area contributed by atoms with Crippen molar-refractivity contribution in [3.05, 3.63) is 49.5 Å². The molecule has 108 valence electrons. The average molecular weight is 409 g/mol. The largest absolute Gasteiger partial charge is 0.341 e. The van der Waals surface area contributed by atoms with Crippen molar-refractivity contribution in [3.63, 3.8) is 0 Å². The summed E-state index contributed by atoms with van der Waals surface area (Å²) in [5.74, 6) is 1.02. The van der Waals surface area contributed by atoms with Crippen molar-refractivity contribution in [1.29, 1.82) is 0 Å². The number of thiophene rings is 1. The first-order valence-corrected chi connectivity index (χ1v) is 9.14. The predicted octanol–water partition coefficient (Wildman–Crippen LogP) is 4.40. The summed E-state index contributed by atoms with van der Waals surface area (Å²) in [5, 5.41) is 3.68. The molecule has 1 unspecified atom stereocenters. The molecular weight excluding hydrogens is 393 g/mol. The average Bonchev–Trinajstić information content (AvgIpc) is 3.06. The quantitative estimate of drug-likeness (QED) is 0.630. The van der Waals surface area contributed by atoms with E-state index in [4.69, 9.17) is 0 Å². The van der Waals surface area contributed by atoms with Crippen LogP contribution in [0, 0.1) is 2.88 Å². The number of nitrogens with one attached hydrogen (secondary N) is 2. The Morgan fingerprint density at radius 2 is 2.29 bits per heavy atom. The van der Waals surface area contributed by atoms with E-state index in [1.54, 1.807) is 4.88 Å². The van der Waals surface area contributed by atoms with Crippen molar-refractivity contribution in [2.45, 2.75) is 31.8 Å². The summed E-state index contributed by atoms with van der Waals surface area (Å²) >= 11 is 4.37. The number of aryl methyl sites for hydroxylation is 1. The van der Waals surface area contributed by atoms with Gasteiger partial charge in [0.25, 0.3) is 0 Å². The molecule has 0 spiro atoms. The molecule has 2 aromatic heterocycles. The maximum Gasteiger partial charge on any atom is 0.121 e. The van der Waals surface area contributed by atoms with Gasteiger partial charge in [0.05, 0.1) is 20.5 Å². The van der Waals surface area contributed by atoms with Crippen molar-refractivity contribution in [3.8, 4) is 0 Å². The minimum absolute atomic E-state index is 0.474. The maximum atomic E-state index is 4.64. The number of rotatable bonds is 3. The molecule has 5 heteroatoms. The molecule has 21 heavy (non-hydrogen) atoms. The Balaban J connectivity index is 1.52. The van der Waals surface area contributed by atoms with Crippen LogP contribution in [0.5, 0.6) is 0 Å². The Morgan fingerprint density at radius 1 is 1.38 bits per heavy atom. The summed E-state index contributed by atoms with van der Waals surface area (Å²) < 4.78 is 1.40. The summed E-state index contributed by atoms with van der Waals surface area (Å²) in [7, 11) is 0. The van der Waals surface area contributed by atoms with Gasteiger partial charge in [0.1, 0.15) is 5.82 Å². The highest BCUT2D eigenvalue weighted by Gasteiger charge is 2.22. The van der Waals surface area contributed by atoms with E-state index in [0.29, 0.717) is 6.04 Å². The number of nitrogens with zero attached hydrogens (tertiary/aromatic N) is 1. The molecule has 3 aromatic rings. The Hall–Kier alpha value is -0.920. The third-order valence-corrected chi connectivity index (χ3v) is 6.01. The number of fused-ring (bicyclic) bond motifs is 2. The number of benzene rings is 1. The maximum absolute atomic E-state index is 4.64. The minimum Gasteiger partial charge on any atom is -0.341 e. The van der Waals surface area contributed by atoms with Crippen molar-refractivity contribution in [2.24, 2.45) is 0 Å². The van der Waals surface area contributed by atoms with Crippen molar-refractivity contribution in [1.82, 2.24) is 15.3 Å². The lowest BCUT2D eigenvalue weighted by atomic mass is 9.94. The molecule has 0 bridgehead atoms. The number of hydrogen-bond donors (Lipinski definition) is 2. The lowest BCUT2D eigenvalue weighted by molar-refractivity contribution is 0.458. The zero-order chi connectivity index (χ0) is 14.2. The molecule has 1 aliphatic rings. The van der Waals surface area contributed by atoms with E-state index in [-0.39, 0.29) is 0 Å². The van der Waals surface area contributed by atoms with E-state index in [1.165, 1.54) is 27.7 Å². The number of hydrogen-bond acceptors (Lipinski definition) is 3. The van der Waals surface area contributed by atoms with E-state index < -0.39 is 0 Å². The van der Waals surface area contributed by atoms with Crippen LogP contribution in [-0.4, -0.2) is 9.97 Å². The van der Waals surface area contributed by atoms with Crippen LogP contribution in [0.4, 0.5) is 0 Å². The van der Waals surface area contributed by atoms with E-state index in [9.17, 15) is 0 Å². The third kappa shape index (κ3) is 2.74. The Kier molecular flexibility index (Phi) is 3.72. The van der Waals surface area contributed by atoms with Crippen molar-refractivity contribution < 1.29 is 0 Å². The first kappa shape index (κ1) is 13.7. The molecule has 0 saturated carbocycles. The Labute approximate surface area is 141 Å². The normalized spacial score (nSPS) is 18.0. The van der Waals surface area contributed by atoms with Gasteiger partial charge in [-0.2, -0.15) is 0 Å². The van der Waals surface area contributed by atoms with Gasteiger partial charge >= 0.3 is 0 Å². The highest BCUT2D eigenvalue weighted by atomic mass is 127. The fourth-order valence-electron chi connectivity index (χ4n) is 3.04. The molecule has 0 radical (unpaired) electrons. The molecule has 2 N–H and O–H groups in total. The lowest BCUT2D eigenvalue weighted by Gasteiger charge is -2.23. The second kappa shape index (κ2) is 5.70. The van der Waals surface area contributed by atoms with Crippen molar-refractivity contribution >= 4 is 45.0 Å². The summed E-state index contributed by atoms with van der Waals surface area (Å²) in [4.78, 5) is 9.60. The smallest absolute Gasteiger partial charge is 0.121 e. The van der Waals surface area contributed by atoms with Crippen LogP contribution in [-0.2, 0) is 13.0 Å². The van der Waals surface area contributed by atoms with Gasteiger partial charge in [0.15, 0.2) is 0 Å². The predicted molar refractivity (Wildman–Crippen MR) is 95.6 cm³/mol. The number of para-hydroxylation sites is 2. The highest BCUT2D eigenvalue weighted by molar-refractivity contribution is 14.1. The second-order valence-electron chi connectivity index (χ2n) is 5.46. The van der Waals surface area contributed by atoms with Gasteiger partial charge in [-0.3, -0.25) is 0 Å². The fraction of sp³-hybridized carbons (Fsp3) is 0.312. The molecule has 2 heterocycles. The van der Waals surface area contributed by atoms with Crippen LogP contribution in [0.25, 0.3) is 11.0 Å². The van der Waals surface area contributed by atoms with Crippen LogP contribution in [0.15, 0.2) is 30.3 Å². The zero-order valence-corrected chi connectivity index (χ0v) is 14.5. The molecule has 1 atom stereocenters. The van der Waals surface area contributed by atoms with Gasteiger partial charge in [-0.25, -0.2) is 4.98 Å². The van der Waals surface area contributed by atoms with E-state index in [0.717, 1.165) is 23.4 Å². The van der Waals surface area contributed by atoms with Crippen LogP contribution in [0.1, 0.15) is 35.1 Å². The molecule has 0 fully saturated rings. The second-order valence-corrected chi connectivity index (χ2v) is 8.49. The molecule has 0 aliphatic heterocycles. The molecule has 0 saturated heterocycles. The summed E-state index contributed by atoms with van der Waals surface area (Å²) in [5.41, 5.74) is 3.67.